The van der Waals surface area contributed by atoms with Crippen LogP contribution in [0.5, 0.6) is 0 Å². The SMILES string of the molecule is CC/C=C\C/C=C\C/C=C\C/C=C\CCCCCCCCCCCCCCCCC(=O)OCC(COC(=O)CCCCCCCCCC)OC(=O)CCCCCCCCC/C=C\C/C=C\C/C=C\CC. The van der Waals surface area contributed by atoms with Gasteiger partial charge in [-0.05, 0) is 89.9 Å². The van der Waals surface area contributed by atoms with Crippen LogP contribution in [0.4, 0.5) is 0 Å². The van der Waals surface area contributed by atoms with E-state index in [4.69, 9.17) is 14.2 Å². The van der Waals surface area contributed by atoms with Crippen LogP contribution in [0, 0.1) is 0 Å². The number of hydrogen-bond donors (Lipinski definition) is 0. The van der Waals surface area contributed by atoms with E-state index < -0.39 is 6.10 Å². The fraction of sp³-hybridized carbons (Fsp3) is 0.734. The van der Waals surface area contributed by atoms with Crippen LogP contribution in [-0.2, 0) is 28.6 Å². The van der Waals surface area contributed by atoms with Gasteiger partial charge in [-0.25, -0.2) is 0 Å². The number of carbonyl (C=O) groups is 3. The lowest BCUT2D eigenvalue weighted by Gasteiger charge is -2.18. The van der Waals surface area contributed by atoms with Gasteiger partial charge in [0.1, 0.15) is 13.2 Å². The van der Waals surface area contributed by atoms with Crippen molar-refractivity contribution in [3.05, 3.63) is 85.1 Å². The Labute approximate surface area is 433 Å². The maximum Gasteiger partial charge on any atom is 0.306 e. The summed E-state index contributed by atoms with van der Waals surface area (Å²) in [4.78, 5) is 38.0. The molecule has 0 bridgehead atoms. The summed E-state index contributed by atoms with van der Waals surface area (Å²) in [6.45, 7) is 6.40. The fourth-order valence-electron chi connectivity index (χ4n) is 8.27. The van der Waals surface area contributed by atoms with Gasteiger partial charge < -0.3 is 14.2 Å². The van der Waals surface area contributed by atoms with E-state index in [0.29, 0.717) is 19.3 Å². The topological polar surface area (TPSA) is 78.9 Å². The van der Waals surface area contributed by atoms with Crippen LogP contribution >= 0.6 is 0 Å². The zero-order valence-electron chi connectivity index (χ0n) is 46.0. The second-order valence-electron chi connectivity index (χ2n) is 19.5. The first-order chi connectivity index (χ1) is 34.5. The van der Waals surface area contributed by atoms with Gasteiger partial charge >= 0.3 is 17.9 Å². The molecule has 0 rings (SSSR count). The largest absolute Gasteiger partial charge is 0.462 e. The van der Waals surface area contributed by atoms with E-state index in [0.717, 1.165) is 109 Å². The molecule has 0 amide bonds. The molecule has 0 N–H and O–H groups in total. The summed E-state index contributed by atoms with van der Waals surface area (Å²) in [5, 5.41) is 0. The lowest BCUT2D eigenvalue weighted by Crippen LogP contribution is -2.30. The predicted octanol–water partition coefficient (Wildman–Crippen LogP) is 19.9. The molecule has 402 valence electrons. The Kier molecular flexibility index (Phi) is 55.3. The minimum absolute atomic E-state index is 0.0782. The van der Waals surface area contributed by atoms with Crippen molar-refractivity contribution >= 4 is 17.9 Å². The van der Waals surface area contributed by atoms with Crippen molar-refractivity contribution in [2.45, 2.75) is 290 Å². The lowest BCUT2D eigenvalue weighted by atomic mass is 10.0. The summed E-state index contributed by atoms with van der Waals surface area (Å²) in [7, 11) is 0. The summed E-state index contributed by atoms with van der Waals surface area (Å²) in [6, 6.07) is 0. The Hall–Kier alpha value is -3.41. The molecule has 0 fully saturated rings. The third kappa shape index (κ3) is 55.5. The van der Waals surface area contributed by atoms with Crippen LogP contribution in [0.25, 0.3) is 0 Å². The molecule has 0 aliphatic carbocycles. The standard InChI is InChI=1S/C64H110O6/c1-4-7-10-13-16-19-21-23-25-27-28-29-30-31-32-33-34-35-36-38-39-41-43-45-48-51-54-57-63(66)69-60-61(59-68-62(65)56-53-50-47-18-15-12-9-6-3)70-64(67)58-55-52-49-46-44-42-40-37-26-24-22-20-17-14-11-8-5-2/h7-8,10-11,16-17,19-20,23-26,28-29,61H,4-6,9,12-15,18,21-22,27,30-60H2,1-3H3/b10-7-,11-8-,19-16-,20-17-,25-23-,26-24-,29-28-. The second kappa shape index (κ2) is 58.2. The van der Waals surface area contributed by atoms with E-state index in [-0.39, 0.29) is 31.1 Å². The number of ether oxygens (including phenoxy) is 3. The highest BCUT2D eigenvalue weighted by molar-refractivity contribution is 5.71. The first kappa shape index (κ1) is 66.6. The number of unbranched alkanes of at least 4 members (excludes halogenated alkanes) is 28. The summed E-state index contributed by atoms with van der Waals surface area (Å²) in [5.74, 6) is -0.886. The van der Waals surface area contributed by atoms with Crippen molar-refractivity contribution in [3.63, 3.8) is 0 Å². The third-order valence-corrected chi connectivity index (χ3v) is 12.6. The van der Waals surface area contributed by atoms with Crippen molar-refractivity contribution in [2.75, 3.05) is 13.2 Å². The van der Waals surface area contributed by atoms with Crippen molar-refractivity contribution in [2.24, 2.45) is 0 Å². The average Bonchev–Trinajstić information content (AvgIpc) is 3.36. The molecule has 0 aliphatic rings. The molecule has 0 aliphatic heterocycles. The molecule has 0 aromatic carbocycles. The van der Waals surface area contributed by atoms with Crippen molar-refractivity contribution in [1.82, 2.24) is 0 Å². The maximum absolute atomic E-state index is 12.8. The number of rotatable bonds is 53. The molecule has 0 radical (unpaired) electrons. The van der Waals surface area contributed by atoms with Gasteiger partial charge in [-0.15, -0.1) is 0 Å². The smallest absolute Gasteiger partial charge is 0.306 e. The third-order valence-electron chi connectivity index (χ3n) is 12.6. The molecule has 1 atom stereocenters. The molecular weight excluding hydrogens is 865 g/mol. The molecular formula is C64H110O6. The Morgan fingerprint density at radius 1 is 0.300 bits per heavy atom. The van der Waals surface area contributed by atoms with Gasteiger partial charge in [-0.2, -0.15) is 0 Å². The Bertz CT molecular complexity index is 1350. The first-order valence-electron chi connectivity index (χ1n) is 29.6. The number of allylic oxidation sites excluding steroid dienone is 14. The van der Waals surface area contributed by atoms with Crippen LogP contribution in [0.2, 0.25) is 0 Å². The Morgan fingerprint density at radius 3 is 0.871 bits per heavy atom. The van der Waals surface area contributed by atoms with E-state index in [2.05, 4.69) is 106 Å². The molecule has 0 aromatic rings. The summed E-state index contributed by atoms with van der Waals surface area (Å²) < 4.78 is 16.8. The van der Waals surface area contributed by atoms with Gasteiger partial charge in [0.2, 0.25) is 0 Å². The van der Waals surface area contributed by atoms with Crippen LogP contribution in [0.15, 0.2) is 85.1 Å². The van der Waals surface area contributed by atoms with Gasteiger partial charge in [0, 0.05) is 19.3 Å². The van der Waals surface area contributed by atoms with E-state index in [1.54, 1.807) is 0 Å². The highest BCUT2D eigenvalue weighted by Crippen LogP contribution is 2.16. The van der Waals surface area contributed by atoms with E-state index in [9.17, 15) is 14.4 Å². The number of esters is 3. The maximum atomic E-state index is 12.8. The predicted molar refractivity (Wildman–Crippen MR) is 302 cm³/mol. The molecule has 0 saturated carbocycles. The Morgan fingerprint density at radius 2 is 0.557 bits per heavy atom. The Balaban J connectivity index is 4.16. The zero-order chi connectivity index (χ0) is 50.7. The second-order valence-corrected chi connectivity index (χ2v) is 19.5. The van der Waals surface area contributed by atoms with E-state index in [1.165, 1.54) is 135 Å². The highest BCUT2D eigenvalue weighted by atomic mass is 16.6. The highest BCUT2D eigenvalue weighted by Gasteiger charge is 2.19. The molecule has 0 heterocycles. The normalized spacial score (nSPS) is 12.7. The van der Waals surface area contributed by atoms with Gasteiger partial charge in [0.15, 0.2) is 6.10 Å². The van der Waals surface area contributed by atoms with Gasteiger partial charge in [0.25, 0.3) is 0 Å². The summed E-state index contributed by atoms with van der Waals surface area (Å²) >= 11 is 0. The van der Waals surface area contributed by atoms with Crippen molar-refractivity contribution in [3.8, 4) is 0 Å². The van der Waals surface area contributed by atoms with Gasteiger partial charge in [-0.3, -0.25) is 14.4 Å². The van der Waals surface area contributed by atoms with Crippen LogP contribution in [-0.4, -0.2) is 37.2 Å². The van der Waals surface area contributed by atoms with Crippen LogP contribution < -0.4 is 0 Å². The quantitative estimate of drug-likeness (QED) is 0.0261. The number of hydrogen-bond acceptors (Lipinski definition) is 6. The molecule has 0 aromatic heterocycles. The molecule has 0 saturated heterocycles. The molecule has 6 nitrogen and oxygen atoms in total. The van der Waals surface area contributed by atoms with Gasteiger partial charge in [0.05, 0.1) is 0 Å². The molecule has 0 spiro atoms. The number of carbonyl (C=O) groups excluding carboxylic acids is 3. The van der Waals surface area contributed by atoms with Crippen LogP contribution in [0.3, 0.4) is 0 Å². The average molecular weight is 976 g/mol. The van der Waals surface area contributed by atoms with E-state index in [1.807, 2.05) is 0 Å². The lowest BCUT2D eigenvalue weighted by molar-refractivity contribution is -0.167. The minimum Gasteiger partial charge on any atom is -0.462 e. The summed E-state index contributed by atoms with van der Waals surface area (Å²) in [6.07, 6.45) is 76.0. The minimum atomic E-state index is -0.779. The van der Waals surface area contributed by atoms with Gasteiger partial charge in [-0.1, -0.05) is 260 Å². The first-order valence-corrected chi connectivity index (χ1v) is 29.6. The zero-order valence-corrected chi connectivity index (χ0v) is 46.0. The molecule has 1 unspecified atom stereocenters. The van der Waals surface area contributed by atoms with E-state index >= 15 is 0 Å². The van der Waals surface area contributed by atoms with Crippen molar-refractivity contribution in [1.29, 1.82) is 0 Å². The van der Waals surface area contributed by atoms with Crippen molar-refractivity contribution < 1.29 is 28.6 Å². The molecule has 70 heavy (non-hydrogen) atoms. The molecule has 6 heteroatoms. The van der Waals surface area contributed by atoms with Crippen LogP contribution in [0.1, 0.15) is 284 Å². The summed E-state index contributed by atoms with van der Waals surface area (Å²) in [5.41, 5.74) is 0. The fourth-order valence-corrected chi connectivity index (χ4v) is 8.27. The monoisotopic (exact) mass is 975 g/mol.